The molecule has 26 heavy (non-hydrogen) atoms. The Balaban J connectivity index is 1.72. The maximum atomic E-state index is 12.7. The van der Waals surface area contributed by atoms with Crippen LogP contribution in [0.25, 0.3) is 0 Å². The summed E-state index contributed by atoms with van der Waals surface area (Å²) in [5.41, 5.74) is 1.66. The van der Waals surface area contributed by atoms with Crippen LogP contribution in [0.4, 0.5) is 0 Å². The Labute approximate surface area is 154 Å². The lowest BCUT2D eigenvalue weighted by Gasteiger charge is -2.20. The summed E-state index contributed by atoms with van der Waals surface area (Å²) >= 11 is 0. The molecule has 1 aliphatic rings. The Morgan fingerprint density at radius 1 is 1.12 bits per heavy atom. The van der Waals surface area contributed by atoms with Crippen molar-refractivity contribution in [2.75, 3.05) is 26.0 Å². The maximum Gasteiger partial charge on any atom is 0.227 e. The fraction of sp³-hybridized carbons (Fsp3) is 0.350. The molecular weight excluding hydrogens is 350 g/mol. The van der Waals surface area contributed by atoms with Crippen LogP contribution in [0.1, 0.15) is 22.8 Å². The third-order valence-electron chi connectivity index (χ3n) is 4.75. The molecule has 1 atom stereocenters. The summed E-state index contributed by atoms with van der Waals surface area (Å²) in [5, 5.41) is -0.543. The van der Waals surface area contributed by atoms with Gasteiger partial charge in [0, 0.05) is 13.1 Å². The van der Waals surface area contributed by atoms with E-state index < -0.39 is 15.1 Å². The van der Waals surface area contributed by atoms with Crippen molar-refractivity contribution in [1.82, 2.24) is 4.90 Å². The first-order chi connectivity index (χ1) is 12.5. The number of ether oxygens (including phenoxy) is 1. The van der Waals surface area contributed by atoms with Gasteiger partial charge in [0.1, 0.15) is 5.75 Å². The highest BCUT2D eigenvalue weighted by Crippen LogP contribution is 2.29. The molecule has 1 saturated heterocycles. The van der Waals surface area contributed by atoms with Gasteiger partial charge >= 0.3 is 0 Å². The van der Waals surface area contributed by atoms with E-state index in [1.54, 1.807) is 12.0 Å². The standard InChI is InChI=1S/C20H23NO4S/c1-25-18-9-5-6-16(14-18)15-20(22)21-11-10-19(26(23,24)13-12-21)17-7-3-2-4-8-17/h2-9,14,19H,10-13,15H2,1H3. The normalized spacial score (nSPS) is 19.6. The van der Waals surface area contributed by atoms with E-state index in [0.29, 0.717) is 18.7 Å². The molecule has 0 aromatic heterocycles. The molecule has 0 aliphatic carbocycles. The van der Waals surface area contributed by atoms with Crippen molar-refractivity contribution in [3.63, 3.8) is 0 Å². The van der Waals surface area contributed by atoms with E-state index in [1.165, 1.54) is 0 Å². The summed E-state index contributed by atoms with van der Waals surface area (Å²) in [7, 11) is -1.69. The number of rotatable bonds is 4. The fourth-order valence-electron chi connectivity index (χ4n) is 3.30. The van der Waals surface area contributed by atoms with Crippen molar-refractivity contribution in [3.8, 4) is 5.75 Å². The lowest BCUT2D eigenvalue weighted by atomic mass is 10.1. The van der Waals surface area contributed by atoms with Crippen LogP contribution in [-0.2, 0) is 21.1 Å². The largest absolute Gasteiger partial charge is 0.497 e. The minimum Gasteiger partial charge on any atom is -0.497 e. The maximum absolute atomic E-state index is 12.7. The van der Waals surface area contributed by atoms with Crippen LogP contribution in [0.5, 0.6) is 5.75 Å². The van der Waals surface area contributed by atoms with Crippen LogP contribution >= 0.6 is 0 Å². The zero-order valence-corrected chi connectivity index (χ0v) is 15.6. The summed E-state index contributed by atoms with van der Waals surface area (Å²) in [6.45, 7) is 0.691. The number of carbonyl (C=O) groups excluding carboxylic acids is 1. The van der Waals surface area contributed by atoms with Gasteiger partial charge in [0.05, 0.1) is 24.5 Å². The lowest BCUT2D eigenvalue weighted by Crippen LogP contribution is -2.34. The van der Waals surface area contributed by atoms with E-state index in [0.717, 1.165) is 11.1 Å². The minimum atomic E-state index is -3.28. The van der Waals surface area contributed by atoms with Crippen LogP contribution in [0.3, 0.4) is 0 Å². The predicted molar refractivity (Wildman–Crippen MR) is 101 cm³/mol. The van der Waals surface area contributed by atoms with Gasteiger partial charge in [-0.05, 0) is 29.7 Å². The van der Waals surface area contributed by atoms with Crippen LogP contribution < -0.4 is 4.74 Å². The van der Waals surface area contributed by atoms with Crippen LogP contribution in [0.15, 0.2) is 54.6 Å². The van der Waals surface area contributed by atoms with Gasteiger partial charge in [0.15, 0.2) is 9.84 Å². The van der Waals surface area contributed by atoms with Gasteiger partial charge in [-0.25, -0.2) is 8.42 Å². The number of nitrogens with zero attached hydrogens (tertiary/aromatic N) is 1. The van der Waals surface area contributed by atoms with E-state index in [1.807, 2.05) is 54.6 Å². The minimum absolute atomic E-state index is 0.00356. The van der Waals surface area contributed by atoms with E-state index in [2.05, 4.69) is 0 Å². The Morgan fingerprint density at radius 3 is 2.62 bits per heavy atom. The third-order valence-corrected chi connectivity index (χ3v) is 6.88. The topological polar surface area (TPSA) is 63.7 Å². The molecule has 1 heterocycles. The molecule has 6 heteroatoms. The van der Waals surface area contributed by atoms with Crippen molar-refractivity contribution in [3.05, 3.63) is 65.7 Å². The van der Waals surface area contributed by atoms with Crippen molar-refractivity contribution in [2.45, 2.75) is 18.1 Å². The second-order valence-corrected chi connectivity index (χ2v) is 8.77. The first-order valence-corrected chi connectivity index (χ1v) is 10.4. The molecule has 1 amide bonds. The second-order valence-electron chi connectivity index (χ2n) is 6.46. The molecule has 0 N–H and O–H groups in total. The van der Waals surface area contributed by atoms with Crippen molar-refractivity contribution >= 4 is 15.7 Å². The smallest absolute Gasteiger partial charge is 0.227 e. The first-order valence-electron chi connectivity index (χ1n) is 8.67. The summed E-state index contributed by atoms with van der Waals surface area (Å²) < 4.78 is 30.5. The summed E-state index contributed by atoms with van der Waals surface area (Å²) in [6, 6.07) is 16.6. The van der Waals surface area contributed by atoms with Crippen molar-refractivity contribution < 1.29 is 17.9 Å². The Hall–Kier alpha value is -2.34. The average molecular weight is 373 g/mol. The molecule has 1 aliphatic heterocycles. The molecule has 0 radical (unpaired) electrons. The highest BCUT2D eigenvalue weighted by Gasteiger charge is 2.32. The molecule has 0 spiro atoms. The summed E-state index contributed by atoms with van der Waals surface area (Å²) in [4.78, 5) is 14.3. The number of methoxy groups -OCH3 is 1. The quantitative estimate of drug-likeness (QED) is 0.826. The number of sulfone groups is 1. The number of carbonyl (C=O) groups is 1. The Kier molecular flexibility index (Phi) is 5.61. The van der Waals surface area contributed by atoms with Gasteiger partial charge in [-0.3, -0.25) is 4.79 Å². The monoisotopic (exact) mass is 373 g/mol. The third kappa shape index (κ3) is 4.25. The summed E-state index contributed by atoms with van der Waals surface area (Å²) in [6.07, 6.45) is 0.670. The first kappa shape index (κ1) is 18.5. The number of amides is 1. The molecule has 0 bridgehead atoms. The molecular formula is C20H23NO4S. The van der Waals surface area contributed by atoms with Gasteiger partial charge in [-0.1, -0.05) is 42.5 Å². The Morgan fingerprint density at radius 2 is 1.88 bits per heavy atom. The summed E-state index contributed by atoms with van der Waals surface area (Å²) in [5.74, 6) is 0.649. The highest BCUT2D eigenvalue weighted by atomic mass is 32.2. The molecule has 3 rings (SSSR count). The molecule has 2 aromatic rings. The predicted octanol–water partition coefficient (Wildman–Crippen LogP) is 2.63. The van der Waals surface area contributed by atoms with Crippen molar-refractivity contribution in [2.24, 2.45) is 0 Å². The van der Waals surface area contributed by atoms with Crippen LogP contribution in [0.2, 0.25) is 0 Å². The number of hydrogen-bond donors (Lipinski definition) is 0. The molecule has 2 aromatic carbocycles. The molecule has 5 nitrogen and oxygen atoms in total. The van der Waals surface area contributed by atoms with Crippen LogP contribution in [-0.4, -0.2) is 45.2 Å². The van der Waals surface area contributed by atoms with Crippen molar-refractivity contribution in [1.29, 1.82) is 0 Å². The molecule has 1 unspecified atom stereocenters. The van der Waals surface area contributed by atoms with E-state index in [9.17, 15) is 13.2 Å². The lowest BCUT2D eigenvalue weighted by molar-refractivity contribution is -0.130. The van der Waals surface area contributed by atoms with E-state index in [-0.39, 0.29) is 24.6 Å². The van der Waals surface area contributed by atoms with Crippen LogP contribution in [0, 0.1) is 0 Å². The van der Waals surface area contributed by atoms with Gasteiger partial charge in [0.25, 0.3) is 0 Å². The zero-order chi connectivity index (χ0) is 18.6. The zero-order valence-electron chi connectivity index (χ0n) is 14.8. The van der Waals surface area contributed by atoms with Gasteiger partial charge in [-0.2, -0.15) is 0 Å². The van der Waals surface area contributed by atoms with E-state index in [4.69, 9.17) is 4.74 Å². The average Bonchev–Trinajstić information content (AvgIpc) is 2.80. The molecule has 0 saturated carbocycles. The highest BCUT2D eigenvalue weighted by molar-refractivity contribution is 7.91. The van der Waals surface area contributed by atoms with Gasteiger partial charge in [-0.15, -0.1) is 0 Å². The van der Waals surface area contributed by atoms with E-state index >= 15 is 0 Å². The molecule has 1 fully saturated rings. The fourth-order valence-corrected chi connectivity index (χ4v) is 5.10. The Bertz CT molecular complexity index is 864. The molecule has 138 valence electrons. The van der Waals surface area contributed by atoms with Gasteiger partial charge < -0.3 is 9.64 Å². The second kappa shape index (κ2) is 7.91. The number of benzene rings is 2. The number of hydrogen-bond acceptors (Lipinski definition) is 4. The van der Waals surface area contributed by atoms with Gasteiger partial charge in [0.2, 0.25) is 5.91 Å². The SMILES string of the molecule is COc1cccc(CC(=O)N2CCC(c3ccccc3)S(=O)(=O)CC2)c1.